The summed E-state index contributed by atoms with van der Waals surface area (Å²) < 4.78 is 0. The molecule has 0 atom stereocenters. The first kappa shape index (κ1) is 12.8. The minimum absolute atomic E-state index is 0.578. The molecule has 1 aromatic rings. The number of benzene rings is 1. The maximum atomic E-state index is 5.80. The Morgan fingerprint density at radius 3 is 2.20 bits per heavy atom. The van der Waals surface area contributed by atoms with Gasteiger partial charge in [-0.05, 0) is 42.0 Å². The second-order valence-corrected chi connectivity index (χ2v) is 4.33. The molecule has 0 spiro atoms. The van der Waals surface area contributed by atoms with Crippen molar-refractivity contribution in [3.8, 4) is 0 Å². The zero-order valence-corrected chi connectivity index (χ0v) is 10.5. The van der Waals surface area contributed by atoms with Crippen LogP contribution in [0, 0.1) is 6.92 Å². The molecule has 1 aromatic carbocycles. The number of halogens is 2. The quantitative estimate of drug-likeness (QED) is 0.794. The fourth-order valence-corrected chi connectivity index (χ4v) is 2.26. The molecule has 0 heterocycles. The molecule has 15 heavy (non-hydrogen) atoms. The molecule has 0 bridgehead atoms. The lowest BCUT2D eigenvalue weighted by molar-refractivity contribution is 0.971. The third-order valence-electron chi connectivity index (χ3n) is 2.74. The molecule has 0 saturated carbocycles. The van der Waals surface area contributed by atoms with Crippen LogP contribution in [0.1, 0.15) is 22.3 Å². The molecule has 0 aliphatic carbocycles. The third kappa shape index (κ3) is 3.10. The Hall–Kier alpha value is -0.240. The normalized spacial score (nSPS) is 10.7. The van der Waals surface area contributed by atoms with E-state index < -0.39 is 0 Å². The maximum Gasteiger partial charge on any atom is 0.0264 e. The molecule has 0 aromatic heterocycles. The average Bonchev–Trinajstić information content (AvgIpc) is 2.25. The van der Waals surface area contributed by atoms with E-state index in [0.29, 0.717) is 18.3 Å². The van der Waals surface area contributed by atoms with E-state index in [1.54, 1.807) is 0 Å². The first-order valence-electron chi connectivity index (χ1n) is 5.16. The molecule has 0 saturated heterocycles. The highest BCUT2D eigenvalue weighted by Crippen LogP contribution is 2.20. The largest absolute Gasteiger partial charge is 0.326 e. The molecule has 0 amide bonds. The fraction of sp³-hybridized carbons (Fsp3) is 0.500. The first-order valence-corrected chi connectivity index (χ1v) is 6.23. The summed E-state index contributed by atoms with van der Waals surface area (Å²) in [6.07, 6.45) is 1.80. The highest BCUT2D eigenvalue weighted by Gasteiger charge is 2.08. The summed E-state index contributed by atoms with van der Waals surface area (Å²) in [5.74, 6) is 1.29. The van der Waals surface area contributed by atoms with Gasteiger partial charge in [-0.25, -0.2) is 0 Å². The monoisotopic (exact) mass is 245 g/mol. The predicted molar refractivity (Wildman–Crippen MR) is 67.9 cm³/mol. The predicted octanol–water partition coefficient (Wildman–Crippen LogP) is 3.02. The van der Waals surface area contributed by atoms with E-state index in [-0.39, 0.29) is 0 Å². The van der Waals surface area contributed by atoms with Crippen LogP contribution in [-0.2, 0) is 19.4 Å². The van der Waals surface area contributed by atoms with Gasteiger partial charge >= 0.3 is 0 Å². The van der Waals surface area contributed by atoms with Crippen molar-refractivity contribution in [2.75, 3.05) is 11.8 Å². The van der Waals surface area contributed by atoms with Gasteiger partial charge in [-0.15, -0.1) is 23.2 Å². The van der Waals surface area contributed by atoms with Crippen molar-refractivity contribution in [2.45, 2.75) is 26.3 Å². The molecule has 1 nitrogen and oxygen atoms in total. The number of alkyl halides is 2. The molecule has 84 valence electrons. The number of hydrogen-bond donors (Lipinski definition) is 1. The molecule has 0 aliphatic heterocycles. The first-order chi connectivity index (χ1) is 7.24. The molecule has 1 rings (SSSR count). The Labute approximate surface area is 102 Å². The summed E-state index contributed by atoms with van der Waals surface area (Å²) >= 11 is 11.6. The molecule has 2 N–H and O–H groups in total. The summed E-state index contributed by atoms with van der Waals surface area (Å²) in [5, 5.41) is 0. The van der Waals surface area contributed by atoms with Crippen LogP contribution in [0.25, 0.3) is 0 Å². The van der Waals surface area contributed by atoms with Crippen LogP contribution in [0.3, 0.4) is 0 Å². The van der Waals surface area contributed by atoms with Gasteiger partial charge in [0.15, 0.2) is 0 Å². The Morgan fingerprint density at radius 2 is 1.67 bits per heavy atom. The van der Waals surface area contributed by atoms with Gasteiger partial charge in [-0.2, -0.15) is 0 Å². The molecule has 0 fully saturated rings. The van der Waals surface area contributed by atoms with Crippen LogP contribution in [0.5, 0.6) is 0 Å². The van der Waals surface area contributed by atoms with Crippen LogP contribution >= 0.6 is 23.2 Å². The second kappa shape index (κ2) is 6.37. The Kier molecular flexibility index (Phi) is 5.44. The molecular weight excluding hydrogens is 229 g/mol. The lowest BCUT2D eigenvalue weighted by atomic mass is 9.94. The summed E-state index contributed by atoms with van der Waals surface area (Å²) in [6.45, 7) is 2.71. The highest BCUT2D eigenvalue weighted by molar-refractivity contribution is 6.18. The Bertz CT molecular complexity index is 324. The minimum Gasteiger partial charge on any atom is -0.326 e. The van der Waals surface area contributed by atoms with Gasteiger partial charge in [0.1, 0.15) is 0 Å². The molecule has 0 aliphatic rings. The van der Waals surface area contributed by atoms with Crippen LogP contribution in [0.2, 0.25) is 0 Å². The highest BCUT2D eigenvalue weighted by atomic mass is 35.5. The van der Waals surface area contributed by atoms with Crippen molar-refractivity contribution in [2.24, 2.45) is 5.73 Å². The summed E-state index contributed by atoms with van der Waals surface area (Å²) in [6, 6.07) is 4.22. The topological polar surface area (TPSA) is 26.0 Å². The van der Waals surface area contributed by atoms with Crippen molar-refractivity contribution >= 4 is 23.2 Å². The van der Waals surface area contributed by atoms with E-state index in [9.17, 15) is 0 Å². The van der Waals surface area contributed by atoms with Crippen molar-refractivity contribution < 1.29 is 0 Å². The van der Waals surface area contributed by atoms with E-state index in [0.717, 1.165) is 12.8 Å². The van der Waals surface area contributed by atoms with Crippen LogP contribution in [0.4, 0.5) is 0 Å². The smallest absolute Gasteiger partial charge is 0.0264 e. The molecule has 0 radical (unpaired) electrons. The lowest BCUT2D eigenvalue weighted by Gasteiger charge is -2.14. The number of aryl methyl sites for hydroxylation is 1. The maximum absolute atomic E-state index is 5.80. The molecule has 3 heteroatoms. The van der Waals surface area contributed by atoms with Crippen molar-refractivity contribution in [3.63, 3.8) is 0 Å². The van der Waals surface area contributed by atoms with E-state index in [2.05, 4.69) is 19.1 Å². The van der Waals surface area contributed by atoms with E-state index >= 15 is 0 Å². The summed E-state index contributed by atoms with van der Waals surface area (Å²) in [5.41, 5.74) is 10.8. The van der Waals surface area contributed by atoms with Crippen molar-refractivity contribution in [3.05, 3.63) is 34.4 Å². The van der Waals surface area contributed by atoms with E-state index in [1.807, 2.05) is 0 Å². The average molecular weight is 246 g/mol. The number of rotatable bonds is 5. The second-order valence-electron chi connectivity index (χ2n) is 3.57. The summed E-state index contributed by atoms with van der Waals surface area (Å²) in [7, 11) is 0. The SMILES string of the molecule is Cc1c(CCCl)ccc(CN)c1CCCl. The third-order valence-corrected chi connectivity index (χ3v) is 3.11. The van der Waals surface area contributed by atoms with E-state index in [4.69, 9.17) is 28.9 Å². The number of hydrogen-bond acceptors (Lipinski definition) is 1. The van der Waals surface area contributed by atoms with Gasteiger partial charge in [-0.1, -0.05) is 12.1 Å². The molecular formula is C12H17Cl2N. The summed E-state index contributed by atoms with van der Waals surface area (Å²) in [4.78, 5) is 0. The van der Waals surface area contributed by atoms with Gasteiger partial charge in [0.2, 0.25) is 0 Å². The number of nitrogens with two attached hydrogens (primary N) is 1. The van der Waals surface area contributed by atoms with Crippen LogP contribution < -0.4 is 5.73 Å². The van der Waals surface area contributed by atoms with E-state index in [1.165, 1.54) is 22.3 Å². The zero-order valence-electron chi connectivity index (χ0n) is 9.02. The Balaban J connectivity index is 3.10. The van der Waals surface area contributed by atoms with Crippen LogP contribution in [0.15, 0.2) is 12.1 Å². The molecule has 0 unspecified atom stereocenters. The van der Waals surface area contributed by atoms with Gasteiger partial charge in [0.25, 0.3) is 0 Å². The van der Waals surface area contributed by atoms with Crippen molar-refractivity contribution in [1.82, 2.24) is 0 Å². The standard InChI is InChI=1S/C12H17Cl2N/c1-9-10(4-6-13)2-3-11(8-15)12(9)5-7-14/h2-3H,4-8,15H2,1H3. The zero-order chi connectivity index (χ0) is 11.3. The van der Waals surface area contributed by atoms with Gasteiger partial charge in [0, 0.05) is 18.3 Å². The Morgan fingerprint density at radius 1 is 1.07 bits per heavy atom. The van der Waals surface area contributed by atoms with Gasteiger partial charge in [-0.3, -0.25) is 0 Å². The van der Waals surface area contributed by atoms with Crippen LogP contribution in [-0.4, -0.2) is 11.8 Å². The lowest BCUT2D eigenvalue weighted by Crippen LogP contribution is -2.07. The minimum atomic E-state index is 0.578. The van der Waals surface area contributed by atoms with Gasteiger partial charge in [0.05, 0.1) is 0 Å². The van der Waals surface area contributed by atoms with Crippen molar-refractivity contribution in [1.29, 1.82) is 0 Å². The fourth-order valence-electron chi connectivity index (χ4n) is 1.87. The van der Waals surface area contributed by atoms with Gasteiger partial charge < -0.3 is 5.73 Å².